The zero-order valence-electron chi connectivity index (χ0n) is 21.6. The van der Waals surface area contributed by atoms with Crippen LogP contribution in [-0.2, 0) is 24.2 Å². The third-order valence-electron chi connectivity index (χ3n) is 7.80. The Bertz CT molecular complexity index is 1590. The quantitative estimate of drug-likeness (QED) is 0.137. The third-order valence-corrected chi connectivity index (χ3v) is 10.6. The molecule has 0 saturated carbocycles. The van der Waals surface area contributed by atoms with E-state index >= 15 is 0 Å². The standard InChI is InChI=1S/C28H24N2O10S/c1-27(17-39-26(34)40-21-14-12-20(13-15-21)30(35)36)28(25(32)33,29-22(31)16-23(29)41(27,37)38)24(18-8-4-2-5-9-18)19-10-6-3-7-11-19/h2-15,23-24H,16-17H2,1H3,(H,32,33)/t23-,27+,28+/m1/s1. The van der Waals surface area contributed by atoms with E-state index < -0.39 is 67.4 Å². The highest BCUT2D eigenvalue weighted by Gasteiger charge is 2.81. The zero-order valence-corrected chi connectivity index (χ0v) is 22.4. The van der Waals surface area contributed by atoms with Crippen LogP contribution in [0.3, 0.4) is 0 Å². The van der Waals surface area contributed by atoms with Gasteiger partial charge in [-0.25, -0.2) is 18.0 Å². The van der Waals surface area contributed by atoms with Crippen LogP contribution in [0, 0.1) is 10.1 Å². The van der Waals surface area contributed by atoms with Gasteiger partial charge in [-0.05, 0) is 30.2 Å². The lowest BCUT2D eigenvalue weighted by Gasteiger charge is -2.50. The summed E-state index contributed by atoms with van der Waals surface area (Å²) in [6, 6.07) is 21.2. The van der Waals surface area contributed by atoms with Gasteiger partial charge in [0.05, 0.1) is 11.3 Å². The van der Waals surface area contributed by atoms with E-state index in [0.29, 0.717) is 11.1 Å². The van der Waals surface area contributed by atoms with Gasteiger partial charge in [0.1, 0.15) is 22.5 Å². The second-order valence-electron chi connectivity index (χ2n) is 9.92. The first-order valence-corrected chi connectivity index (χ1v) is 14.0. The molecule has 2 aliphatic heterocycles. The number of hydrogen-bond donors (Lipinski definition) is 1. The number of nitrogens with zero attached hydrogens (tertiary/aromatic N) is 2. The molecule has 2 heterocycles. The predicted octanol–water partition coefficient (Wildman–Crippen LogP) is 3.51. The first-order chi connectivity index (χ1) is 19.4. The molecule has 1 N–H and O–H groups in total. The molecule has 1 amide bonds. The Morgan fingerprint density at radius 2 is 1.56 bits per heavy atom. The minimum Gasteiger partial charge on any atom is -0.479 e. The summed E-state index contributed by atoms with van der Waals surface area (Å²) in [5.41, 5.74) is -1.78. The van der Waals surface area contributed by atoms with Crippen molar-refractivity contribution < 1.29 is 42.3 Å². The lowest BCUT2D eigenvalue weighted by atomic mass is 9.66. The van der Waals surface area contributed by atoms with Crippen molar-refractivity contribution in [3.05, 3.63) is 106 Å². The Kier molecular flexibility index (Phi) is 6.77. The number of carbonyl (C=O) groups excluding carboxylic acids is 2. The number of benzene rings is 3. The Morgan fingerprint density at radius 1 is 1.02 bits per heavy atom. The molecule has 2 fully saturated rings. The van der Waals surface area contributed by atoms with E-state index in [-0.39, 0.29) is 11.4 Å². The molecular weight excluding hydrogens is 556 g/mol. The number of β-lactam (4-membered cyclic amide) rings is 1. The van der Waals surface area contributed by atoms with Crippen molar-refractivity contribution >= 4 is 33.6 Å². The molecule has 0 aliphatic carbocycles. The molecule has 0 radical (unpaired) electrons. The van der Waals surface area contributed by atoms with Crippen LogP contribution in [-0.4, -0.2) is 63.6 Å². The molecule has 212 valence electrons. The van der Waals surface area contributed by atoms with Gasteiger partial charge in [-0.1, -0.05) is 60.7 Å². The molecule has 13 heteroatoms. The number of ether oxygens (including phenoxy) is 2. The minimum absolute atomic E-state index is 0.116. The Labute approximate surface area is 234 Å². The maximum Gasteiger partial charge on any atom is 0.513 e. The van der Waals surface area contributed by atoms with Crippen molar-refractivity contribution in [1.82, 2.24) is 4.90 Å². The number of fused-ring (bicyclic) bond motifs is 1. The average Bonchev–Trinajstić information content (AvgIpc) is 3.07. The van der Waals surface area contributed by atoms with E-state index in [0.717, 1.165) is 29.2 Å². The van der Waals surface area contributed by atoms with E-state index in [1.165, 1.54) is 6.92 Å². The molecule has 41 heavy (non-hydrogen) atoms. The highest BCUT2D eigenvalue weighted by Crippen LogP contribution is 2.59. The van der Waals surface area contributed by atoms with Crippen molar-refractivity contribution in [3.63, 3.8) is 0 Å². The second-order valence-corrected chi connectivity index (χ2v) is 12.5. The summed E-state index contributed by atoms with van der Waals surface area (Å²) in [5.74, 6) is -3.53. The van der Waals surface area contributed by atoms with E-state index in [1.807, 2.05) is 0 Å². The number of carbonyl (C=O) groups is 3. The molecular formula is C28H24N2O10S. The maximum absolute atomic E-state index is 14.0. The summed E-state index contributed by atoms with van der Waals surface area (Å²) in [4.78, 5) is 50.4. The van der Waals surface area contributed by atoms with E-state index in [1.54, 1.807) is 60.7 Å². The molecule has 3 aromatic rings. The molecule has 2 saturated heterocycles. The largest absolute Gasteiger partial charge is 0.513 e. The fourth-order valence-corrected chi connectivity index (χ4v) is 8.33. The van der Waals surface area contributed by atoms with E-state index in [2.05, 4.69) is 0 Å². The van der Waals surface area contributed by atoms with Gasteiger partial charge in [0.2, 0.25) is 5.91 Å². The highest BCUT2D eigenvalue weighted by molar-refractivity contribution is 7.94. The summed E-state index contributed by atoms with van der Waals surface area (Å²) in [5, 5.41) is 20.4. The average molecular weight is 581 g/mol. The minimum atomic E-state index is -4.44. The van der Waals surface area contributed by atoms with Crippen LogP contribution in [0.25, 0.3) is 0 Å². The van der Waals surface area contributed by atoms with Crippen molar-refractivity contribution in [1.29, 1.82) is 0 Å². The number of rotatable bonds is 8. The predicted molar refractivity (Wildman–Crippen MR) is 143 cm³/mol. The number of amides is 1. The fraction of sp³-hybridized carbons (Fsp3) is 0.250. The van der Waals surface area contributed by atoms with E-state index in [9.17, 15) is 38.0 Å². The SMILES string of the molecule is C[C@]1(COC(=O)Oc2ccc([N+](=O)[O-])cc2)[C@@](C(=O)O)(C(c2ccccc2)c2ccccc2)N2C(=O)C[C@H]2S1(=O)=O. The first-order valence-electron chi connectivity index (χ1n) is 12.4. The number of aliphatic carboxylic acids is 1. The van der Waals surface area contributed by atoms with Gasteiger partial charge in [0.25, 0.3) is 5.69 Å². The molecule has 0 aromatic heterocycles. The molecule has 3 aromatic carbocycles. The Balaban J connectivity index is 1.60. The van der Waals surface area contributed by atoms with Crippen LogP contribution in [0.2, 0.25) is 0 Å². The van der Waals surface area contributed by atoms with Crippen LogP contribution < -0.4 is 4.74 Å². The van der Waals surface area contributed by atoms with Crippen LogP contribution in [0.15, 0.2) is 84.9 Å². The molecule has 12 nitrogen and oxygen atoms in total. The van der Waals surface area contributed by atoms with Crippen molar-refractivity contribution in [2.24, 2.45) is 0 Å². The van der Waals surface area contributed by atoms with Crippen molar-refractivity contribution in [3.8, 4) is 5.75 Å². The fourth-order valence-electron chi connectivity index (χ4n) is 5.84. The van der Waals surface area contributed by atoms with Crippen LogP contribution in [0.4, 0.5) is 10.5 Å². The normalized spacial score (nSPS) is 24.3. The molecule has 0 spiro atoms. The van der Waals surface area contributed by atoms with Crippen LogP contribution in [0.5, 0.6) is 5.75 Å². The van der Waals surface area contributed by atoms with Gasteiger partial charge in [0, 0.05) is 18.1 Å². The maximum atomic E-state index is 14.0. The summed E-state index contributed by atoms with van der Waals surface area (Å²) in [6.07, 6.45) is -1.76. The van der Waals surface area contributed by atoms with Crippen LogP contribution in [0.1, 0.15) is 30.4 Å². The lowest BCUT2D eigenvalue weighted by molar-refractivity contribution is -0.384. The number of sulfone groups is 1. The summed E-state index contributed by atoms with van der Waals surface area (Å²) >= 11 is 0. The Hall–Kier alpha value is -4.78. The molecule has 5 rings (SSSR count). The number of carboxylic acids is 1. The zero-order chi connectivity index (χ0) is 29.6. The second kappa shape index (κ2) is 10.0. The van der Waals surface area contributed by atoms with Gasteiger partial charge in [-0.15, -0.1) is 0 Å². The van der Waals surface area contributed by atoms with E-state index in [4.69, 9.17) is 9.47 Å². The van der Waals surface area contributed by atoms with Gasteiger partial charge in [-0.3, -0.25) is 14.9 Å². The summed E-state index contributed by atoms with van der Waals surface area (Å²) in [6.45, 7) is 0.212. The number of hydrogen-bond acceptors (Lipinski definition) is 9. The van der Waals surface area contributed by atoms with Crippen LogP contribution >= 0.6 is 0 Å². The van der Waals surface area contributed by atoms with Gasteiger partial charge in [-0.2, -0.15) is 0 Å². The molecule has 3 atom stereocenters. The topological polar surface area (TPSA) is 170 Å². The smallest absolute Gasteiger partial charge is 0.479 e. The number of non-ortho nitro benzene ring substituents is 1. The van der Waals surface area contributed by atoms with Crippen molar-refractivity contribution in [2.75, 3.05) is 6.61 Å². The van der Waals surface area contributed by atoms with Gasteiger partial charge < -0.3 is 19.5 Å². The molecule has 0 bridgehead atoms. The Morgan fingerprint density at radius 3 is 2.02 bits per heavy atom. The van der Waals surface area contributed by atoms with Gasteiger partial charge >= 0.3 is 12.1 Å². The van der Waals surface area contributed by atoms with Gasteiger partial charge in [0.15, 0.2) is 15.4 Å². The number of nitro groups is 1. The molecule has 2 aliphatic rings. The first kappa shape index (κ1) is 27.8. The summed E-state index contributed by atoms with van der Waals surface area (Å²) < 4.78 is 36.1. The number of carboxylic acid groups (broad SMARTS) is 1. The van der Waals surface area contributed by atoms with Crippen molar-refractivity contribution in [2.45, 2.75) is 34.9 Å². The number of nitro benzene ring substituents is 1. The summed E-state index contributed by atoms with van der Waals surface area (Å²) in [7, 11) is -4.44. The molecule has 0 unspecified atom stereocenters. The third kappa shape index (κ3) is 4.11. The highest BCUT2D eigenvalue weighted by atomic mass is 32.2. The monoisotopic (exact) mass is 580 g/mol. The lowest BCUT2D eigenvalue weighted by Crippen LogP contribution is -2.71.